The predicted octanol–water partition coefficient (Wildman–Crippen LogP) is 5.40. The number of nitrogens with zero attached hydrogens (tertiary/aromatic N) is 2. The van der Waals surface area contributed by atoms with E-state index < -0.39 is 6.10 Å². The predicted molar refractivity (Wildman–Crippen MR) is 121 cm³/mol. The third-order valence-electron chi connectivity index (χ3n) is 5.12. The van der Waals surface area contributed by atoms with Crippen molar-refractivity contribution in [1.82, 2.24) is 4.98 Å². The van der Waals surface area contributed by atoms with Crippen molar-refractivity contribution < 1.29 is 14.3 Å². The fourth-order valence-corrected chi connectivity index (χ4v) is 4.18. The minimum Gasteiger partial charge on any atom is -0.494 e. The van der Waals surface area contributed by atoms with E-state index in [0.29, 0.717) is 13.2 Å². The molecule has 0 saturated carbocycles. The van der Waals surface area contributed by atoms with Crippen LogP contribution in [0, 0.1) is 13.8 Å². The fraction of sp³-hybridized carbons (Fsp3) is 0.333. The van der Waals surface area contributed by atoms with Gasteiger partial charge in [-0.05, 0) is 69.5 Å². The lowest BCUT2D eigenvalue weighted by Crippen LogP contribution is -2.45. The first kappa shape index (κ1) is 20.4. The Morgan fingerprint density at radius 3 is 2.80 bits per heavy atom. The highest BCUT2D eigenvalue weighted by atomic mass is 32.1. The lowest BCUT2D eigenvalue weighted by Gasteiger charge is -2.33. The number of benzene rings is 2. The summed E-state index contributed by atoms with van der Waals surface area (Å²) in [6.45, 7) is 7.11. The number of unbranched alkanes of at least 4 members (excludes halogenated alkanes) is 1. The monoisotopic (exact) mass is 422 g/mol. The molecule has 1 unspecified atom stereocenters. The number of thiazole rings is 1. The maximum Gasteiger partial charge on any atom is 0.267 e. The summed E-state index contributed by atoms with van der Waals surface area (Å²) in [5, 5.41) is 3.06. The zero-order valence-electron chi connectivity index (χ0n) is 17.6. The normalized spacial score (nSPS) is 15.6. The van der Waals surface area contributed by atoms with E-state index in [0.717, 1.165) is 46.3 Å². The van der Waals surface area contributed by atoms with Crippen molar-refractivity contribution in [2.45, 2.75) is 39.7 Å². The van der Waals surface area contributed by atoms with Gasteiger partial charge in [-0.1, -0.05) is 12.1 Å². The zero-order chi connectivity index (χ0) is 21.1. The van der Waals surface area contributed by atoms with Gasteiger partial charge in [0, 0.05) is 17.5 Å². The van der Waals surface area contributed by atoms with Crippen LogP contribution in [0.4, 0.5) is 5.69 Å². The number of carbonyl (C=O) groups excluding carboxylic acids is 1. The maximum atomic E-state index is 12.8. The summed E-state index contributed by atoms with van der Waals surface area (Å²) < 4.78 is 11.7. The Kier molecular flexibility index (Phi) is 6.04. The molecule has 0 bridgehead atoms. The summed E-state index contributed by atoms with van der Waals surface area (Å²) in [4.78, 5) is 19.2. The molecule has 0 fully saturated rings. The molecule has 0 radical (unpaired) electrons. The molecule has 1 atom stereocenters. The van der Waals surface area contributed by atoms with Gasteiger partial charge in [0.2, 0.25) is 0 Å². The van der Waals surface area contributed by atoms with E-state index in [2.05, 4.69) is 18.0 Å². The largest absolute Gasteiger partial charge is 0.494 e. The van der Waals surface area contributed by atoms with E-state index in [4.69, 9.17) is 9.47 Å². The highest BCUT2D eigenvalue weighted by Gasteiger charge is 2.31. The standard InChI is InChI=1S/C24H26N2O3S/c1-16-7-6-8-20(13-16)28-12-5-4-11-26-22-14-19(21-15-30-18(3)25-21)9-10-23(22)29-17(2)24(26)27/h6-10,13-15,17H,4-5,11-12H2,1-3H3. The molecule has 2 aromatic carbocycles. The van der Waals surface area contributed by atoms with Gasteiger partial charge in [-0.3, -0.25) is 4.79 Å². The van der Waals surface area contributed by atoms with E-state index in [1.54, 1.807) is 18.3 Å². The number of carbonyl (C=O) groups is 1. The molecule has 1 aromatic heterocycles. The topological polar surface area (TPSA) is 51.7 Å². The Bertz CT molecular complexity index is 1050. The number of amides is 1. The van der Waals surface area contributed by atoms with Crippen molar-refractivity contribution in [3.05, 3.63) is 58.4 Å². The molecule has 2 heterocycles. The summed E-state index contributed by atoms with van der Waals surface area (Å²) in [5.41, 5.74) is 3.93. The van der Waals surface area contributed by atoms with E-state index >= 15 is 0 Å². The molecule has 1 aliphatic rings. The second-order valence-corrected chi connectivity index (χ2v) is 8.62. The first-order valence-electron chi connectivity index (χ1n) is 10.3. The first-order valence-corrected chi connectivity index (χ1v) is 11.1. The summed E-state index contributed by atoms with van der Waals surface area (Å²) in [6.07, 6.45) is 1.24. The number of rotatable bonds is 7. The number of aromatic nitrogens is 1. The molecule has 0 spiro atoms. The average molecular weight is 423 g/mol. The summed E-state index contributed by atoms with van der Waals surface area (Å²) >= 11 is 1.62. The third-order valence-corrected chi connectivity index (χ3v) is 5.89. The molecule has 0 N–H and O–H groups in total. The zero-order valence-corrected chi connectivity index (χ0v) is 18.4. The van der Waals surface area contributed by atoms with Crippen LogP contribution in [0.25, 0.3) is 11.3 Å². The lowest BCUT2D eigenvalue weighted by atomic mass is 10.1. The van der Waals surface area contributed by atoms with Gasteiger partial charge in [0.05, 0.1) is 23.0 Å². The van der Waals surface area contributed by atoms with E-state index in [1.807, 2.05) is 53.6 Å². The quantitative estimate of drug-likeness (QED) is 0.479. The number of anilines is 1. The number of hydrogen-bond acceptors (Lipinski definition) is 5. The van der Waals surface area contributed by atoms with Crippen LogP contribution >= 0.6 is 11.3 Å². The third kappa shape index (κ3) is 4.49. The lowest BCUT2D eigenvalue weighted by molar-refractivity contribution is -0.125. The van der Waals surface area contributed by atoms with Crippen molar-refractivity contribution >= 4 is 22.9 Å². The minimum atomic E-state index is -0.478. The van der Waals surface area contributed by atoms with Crippen LogP contribution < -0.4 is 14.4 Å². The number of aryl methyl sites for hydroxylation is 2. The van der Waals surface area contributed by atoms with E-state index in [9.17, 15) is 4.79 Å². The molecule has 5 nitrogen and oxygen atoms in total. The Morgan fingerprint density at radius 1 is 1.17 bits per heavy atom. The molecule has 4 rings (SSSR count). The Balaban J connectivity index is 1.43. The van der Waals surface area contributed by atoms with Gasteiger partial charge in [-0.25, -0.2) is 4.98 Å². The molecule has 1 amide bonds. The highest BCUT2D eigenvalue weighted by Crippen LogP contribution is 2.38. The van der Waals surface area contributed by atoms with Crippen LogP contribution in [-0.2, 0) is 4.79 Å². The molecule has 0 aliphatic carbocycles. The second kappa shape index (κ2) is 8.88. The van der Waals surface area contributed by atoms with Gasteiger partial charge in [-0.2, -0.15) is 0 Å². The van der Waals surface area contributed by atoms with Gasteiger partial charge in [0.25, 0.3) is 5.91 Å². The van der Waals surface area contributed by atoms with Crippen molar-refractivity contribution in [3.63, 3.8) is 0 Å². The molecule has 156 valence electrons. The molecular weight excluding hydrogens is 396 g/mol. The minimum absolute atomic E-state index is 0.00582. The SMILES string of the molecule is Cc1cccc(OCCCCN2C(=O)C(C)Oc3ccc(-c4csc(C)n4)cc32)c1. The molecule has 30 heavy (non-hydrogen) atoms. The van der Waals surface area contributed by atoms with Gasteiger partial charge < -0.3 is 14.4 Å². The van der Waals surface area contributed by atoms with Crippen molar-refractivity contribution in [2.75, 3.05) is 18.1 Å². The molecular formula is C24H26N2O3S. The van der Waals surface area contributed by atoms with Gasteiger partial charge in [0.1, 0.15) is 11.5 Å². The number of hydrogen-bond donors (Lipinski definition) is 0. The molecule has 1 aliphatic heterocycles. The first-order chi connectivity index (χ1) is 14.5. The number of ether oxygens (including phenoxy) is 2. The Hall–Kier alpha value is -2.86. The molecule has 0 saturated heterocycles. The van der Waals surface area contributed by atoms with Crippen LogP contribution in [0.15, 0.2) is 47.8 Å². The van der Waals surface area contributed by atoms with E-state index in [1.165, 1.54) is 5.56 Å². The van der Waals surface area contributed by atoms with E-state index in [-0.39, 0.29) is 5.91 Å². The van der Waals surface area contributed by atoms with Crippen LogP contribution in [0.3, 0.4) is 0 Å². The van der Waals surface area contributed by atoms with Crippen molar-refractivity contribution in [1.29, 1.82) is 0 Å². The highest BCUT2D eigenvalue weighted by molar-refractivity contribution is 7.09. The molecule has 6 heteroatoms. The second-order valence-electron chi connectivity index (χ2n) is 7.56. The maximum absolute atomic E-state index is 12.8. The summed E-state index contributed by atoms with van der Waals surface area (Å²) in [7, 11) is 0. The summed E-state index contributed by atoms with van der Waals surface area (Å²) in [5.74, 6) is 1.63. The van der Waals surface area contributed by atoms with Crippen LogP contribution in [0.2, 0.25) is 0 Å². The van der Waals surface area contributed by atoms with Crippen LogP contribution in [0.1, 0.15) is 30.3 Å². The van der Waals surface area contributed by atoms with Crippen LogP contribution in [-0.4, -0.2) is 30.1 Å². The van der Waals surface area contributed by atoms with Gasteiger partial charge in [-0.15, -0.1) is 11.3 Å². The van der Waals surface area contributed by atoms with Crippen molar-refractivity contribution in [2.24, 2.45) is 0 Å². The molecule has 3 aromatic rings. The van der Waals surface area contributed by atoms with Gasteiger partial charge >= 0.3 is 0 Å². The Morgan fingerprint density at radius 2 is 2.03 bits per heavy atom. The Labute approximate surface area is 181 Å². The van der Waals surface area contributed by atoms with Crippen molar-refractivity contribution in [3.8, 4) is 22.8 Å². The summed E-state index contributed by atoms with van der Waals surface area (Å²) in [6, 6.07) is 14.0. The average Bonchev–Trinajstić information content (AvgIpc) is 3.16. The fourth-order valence-electron chi connectivity index (χ4n) is 3.56. The van der Waals surface area contributed by atoms with Crippen LogP contribution in [0.5, 0.6) is 11.5 Å². The van der Waals surface area contributed by atoms with Gasteiger partial charge in [0.15, 0.2) is 6.10 Å². The number of fused-ring (bicyclic) bond motifs is 1. The smallest absolute Gasteiger partial charge is 0.267 e.